The number of unbranched alkanes of at least 4 members (excludes halogenated alkanes) is 3. The van der Waals surface area contributed by atoms with E-state index >= 15 is 0 Å². The van der Waals surface area contributed by atoms with E-state index in [-0.39, 0.29) is 0 Å². The van der Waals surface area contributed by atoms with Crippen LogP contribution in [0.2, 0.25) is 0 Å². The summed E-state index contributed by atoms with van der Waals surface area (Å²) in [6, 6.07) is 0. The summed E-state index contributed by atoms with van der Waals surface area (Å²) in [5.41, 5.74) is 0. The first-order chi connectivity index (χ1) is 10.9. The highest BCUT2D eigenvalue weighted by atomic mass is 16.4. The Kier molecular flexibility index (Phi) is 11.8. The molecule has 1 N–H and O–H groups in total. The predicted molar refractivity (Wildman–Crippen MR) is 94.0 cm³/mol. The third-order valence-electron chi connectivity index (χ3n) is 4.52. The van der Waals surface area contributed by atoms with Crippen LogP contribution in [0, 0.1) is 5.92 Å². The number of hydrogen-bond acceptors (Lipinski definition) is 3. The summed E-state index contributed by atoms with van der Waals surface area (Å²) in [7, 11) is 0. The van der Waals surface area contributed by atoms with E-state index in [2.05, 4.69) is 20.8 Å². The summed E-state index contributed by atoms with van der Waals surface area (Å²) in [5.74, 6) is -0.948. The average molecular weight is 328 g/mol. The molecule has 1 atom stereocenters. The Morgan fingerprint density at radius 3 is 2.17 bits per heavy atom. The van der Waals surface area contributed by atoms with Crippen LogP contribution in [0.3, 0.4) is 0 Å². The molecule has 0 rings (SSSR count). The van der Waals surface area contributed by atoms with Gasteiger partial charge < -0.3 is 19.5 Å². The summed E-state index contributed by atoms with van der Waals surface area (Å²) in [6.07, 6.45) is 9.03. The van der Waals surface area contributed by atoms with Gasteiger partial charge in [0.2, 0.25) is 0 Å². The third-order valence-corrected chi connectivity index (χ3v) is 4.52. The van der Waals surface area contributed by atoms with Gasteiger partial charge in [-0.1, -0.05) is 40.5 Å². The number of nitrogens with zero attached hydrogens (tertiary/aromatic N) is 1. The van der Waals surface area contributed by atoms with Gasteiger partial charge in [0.15, 0.2) is 0 Å². The highest BCUT2D eigenvalue weighted by Crippen LogP contribution is 2.17. The van der Waals surface area contributed by atoms with E-state index in [4.69, 9.17) is 0 Å². The first-order valence-electron chi connectivity index (χ1n) is 9.34. The van der Waals surface area contributed by atoms with Crippen LogP contribution in [0.15, 0.2) is 11.8 Å². The maximum atomic E-state index is 11.0. The molecule has 0 heterocycles. The Bertz CT molecular complexity index is 347. The first-order valence-corrected chi connectivity index (χ1v) is 9.34. The summed E-state index contributed by atoms with van der Waals surface area (Å²) in [6.45, 7) is 11.5. The molecule has 0 aromatic rings. The minimum atomic E-state index is -0.976. The van der Waals surface area contributed by atoms with Crippen molar-refractivity contribution in [3.8, 4) is 0 Å². The van der Waals surface area contributed by atoms with E-state index < -0.39 is 11.9 Å². The Hall–Kier alpha value is -1.03. The number of carbonyl (C=O) groups is 1. The smallest absolute Gasteiger partial charge is 0.143 e. The molecule has 0 fully saturated rings. The molecule has 0 radical (unpaired) electrons. The van der Waals surface area contributed by atoms with Crippen LogP contribution in [0.1, 0.15) is 72.6 Å². The van der Waals surface area contributed by atoms with Gasteiger partial charge in [0.25, 0.3) is 0 Å². The molecule has 0 spiro atoms. The number of hydrogen-bond donors (Lipinski definition) is 1. The molecule has 1 unspecified atom stereocenters. The zero-order valence-electron chi connectivity index (χ0n) is 15.6. The molecule has 23 heavy (non-hydrogen) atoms. The molecule has 0 amide bonds. The number of aliphatic hydroxyl groups excluding tert-OH is 1. The molecule has 0 saturated carbocycles. The number of carbonyl (C=O) groups excluding carboxylic acids is 1. The molecule has 136 valence electrons. The standard InChI is InChI=1S/C19H37NO3/c1-5-8-9-10-11-18(21)16-20(13-6-2,14-7-3)15-12-17(4)19(22)23/h11,17H,5-10,12-16H2,1-4H3,(H-,21,22,23)/b18-11-. The van der Waals surface area contributed by atoms with Crippen LogP contribution >= 0.6 is 0 Å². The number of allylic oxidation sites excluding steroid dienone is 1. The van der Waals surface area contributed by atoms with Crippen molar-refractivity contribution >= 4 is 5.97 Å². The number of carboxylic acid groups (broad SMARTS) is 1. The second-order valence-corrected chi connectivity index (χ2v) is 6.87. The molecule has 0 aliphatic heterocycles. The molecule has 0 aromatic carbocycles. The quantitative estimate of drug-likeness (QED) is 0.302. The number of rotatable bonds is 14. The molecular formula is C19H37NO3. The number of aliphatic hydroxyl groups is 1. The lowest BCUT2D eigenvalue weighted by atomic mass is 10.1. The fraction of sp³-hybridized carbons (Fsp3) is 0.842. The van der Waals surface area contributed by atoms with E-state index in [1.165, 1.54) is 12.8 Å². The lowest BCUT2D eigenvalue weighted by Crippen LogP contribution is -2.52. The van der Waals surface area contributed by atoms with E-state index in [0.717, 1.165) is 49.8 Å². The SMILES string of the molecule is CCCCC/C=C(\O)C[N+](CCC)(CCC)CCC(C)C(=O)[O-]. The van der Waals surface area contributed by atoms with E-state index in [0.29, 0.717) is 18.7 Å². The summed E-state index contributed by atoms with van der Waals surface area (Å²) in [5, 5.41) is 21.3. The Labute approximate surface area is 142 Å². The normalized spacial score (nSPS) is 14.0. The lowest BCUT2D eigenvalue weighted by molar-refractivity contribution is -0.925. The summed E-state index contributed by atoms with van der Waals surface area (Å²) in [4.78, 5) is 11.0. The van der Waals surface area contributed by atoms with Crippen molar-refractivity contribution in [1.82, 2.24) is 0 Å². The monoisotopic (exact) mass is 327 g/mol. The van der Waals surface area contributed by atoms with Crippen molar-refractivity contribution in [2.45, 2.75) is 72.6 Å². The molecular weight excluding hydrogens is 290 g/mol. The Morgan fingerprint density at radius 2 is 1.70 bits per heavy atom. The van der Waals surface area contributed by atoms with Gasteiger partial charge in [0.1, 0.15) is 12.3 Å². The van der Waals surface area contributed by atoms with Gasteiger partial charge in [0.05, 0.1) is 19.6 Å². The molecule has 4 nitrogen and oxygen atoms in total. The zero-order valence-corrected chi connectivity index (χ0v) is 15.6. The van der Waals surface area contributed by atoms with Crippen molar-refractivity contribution in [3.05, 3.63) is 11.8 Å². The van der Waals surface area contributed by atoms with Crippen LogP contribution in [-0.2, 0) is 4.79 Å². The van der Waals surface area contributed by atoms with Crippen molar-refractivity contribution in [2.24, 2.45) is 5.92 Å². The Morgan fingerprint density at radius 1 is 1.09 bits per heavy atom. The number of quaternary nitrogens is 1. The highest BCUT2D eigenvalue weighted by molar-refractivity contribution is 5.66. The van der Waals surface area contributed by atoms with Gasteiger partial charge in [0, 0.05) is 18.3 Å². The van der Waals surface area contributed by atoms with Crippen LogP contribution in [0.25, 0.3) is 0 Å². The highest BCUT2D eigenvalue weighted by Gasteiger charge is 2.27. The lowest BCUT2D eigenvalue weighted by Gasteiger charge is -2.39. The third kappa shape index (κ3) is 9.65. The van der Waals surface area contributed by atoms with Crippen LogP contribution in [-0.4, -0.2) is 41.7 Å². The molecule has 0 saturated heterocycles. The second-order valence-electron chi connectivity index (χ2n) is 6.87. The number of carboxylic acids is 1. The van der Waals surface area contributed by atoms with Crippen LogP contribution in [0.4, 0.5) is 0 Å². The molecule has 0 aliphatic carbocycles. The van der Waals surface area contributed by atoms with Gasteiger partial charge in [-0.2, -0.15) is 0 Å². The van der Waals surface area contributed by atoms with Crippen molar-refractivity contribution in [1.29, 1.82) is 0 Å². The maximum Gasteiger partial charge on any atom is 0.143 e. The van der Waals surface area contributed by atoms with Crippen molar-refractivity contribution in [3.63, 3.8) is 0 Å². The second kappa shape index (κ2) is 12.4. The van der Waals surface area contributed by atoms with Crippen molar-refractivity contribution < 1.29 is 19.5 Å². The predicted octanol–water partition coefficient (Wildman–Crippen LogP) is 3.42. The van der Waals surface area contributed by atoms with Gasteiger partial charge >= 0.3 is 0 Å². The fourth-order valence-electron chi connectivity index (χ4n) is 3.18. The summed E-state index contributed by atoms with van der Waals surface area (Å²) >= 11 is 0. The van der Waals surface area contributed by atoms with E-state index in [9.17, 15) is 15.0 Å². The van der Waals surface area contributed by atoms with E-state index in [1.54, 1.807) is 6.92 Å². The Balaban J connectivity index is 4.84. The van der Waals surface area contributed by atoms with Gasteiger partial charge in [-0.05, 0) is 31.8 Å². The van der Waals surface area contributed by atoms with Crippen LogP contribution in [0.5, 0.6) is 0 Å². The van der Waals surface area contributed by atoms with E-state index in [1.807, 2.05) is 6.08 Å². The largest absolute Gasteiger partial charge is 0.550 e. The molecule has 0 aromatic heterocycles. The average Bonchev–Trinajstić information content (AvgIpc) is 2.49. The summed E-state index contributed by atoms with van der Waals surface area (Å²) < 4.78 is 0.779. The first kappa shape index (κ1) is 22.0. The number of aliphatic carboxylic acids is 1. The molecule has 0 bridgehead atoms. The topological polar surface area (TPSA) is 60.4 Å². The van der Waals surface area contributed by atoms with Crippen LogP contribution < -0.4 is 5.11 Å². The minimum Gasteiger partial charge on any atom is -0.550 e. The minimum absolute atomic E-state index is 0.433. The van der Waals surface area contributed by atoms with Gasteiger partial charge in [-0.25, -0.2) is 0 Å². The fourth-order valence-corrected chi connectivity index (χ4v) is 3.18. The molecule has 4 heteroatoms. The maximum absolute atomic E-state index is 11.0. The van der Waals surface area contributed by atoms with Crippen molar-refractivity contribution in [2.75, 3.05) is 26.2 Å². The van der Waals surface area contributed by atoms with Gasteiger partial charge in [-0.15, -0.1) is 0 Å². The molecule has 0 aliphatic rings. The zero-order chi connectivity index (χ0) is 17.7. The van der Waals surface area contributed by atoms with Gasteiger partial charge in [-0.3, -0.25) is 0 Å².